The summed E-state index contributed by atoms with van der Waals surface area (Å²) in [7, 11) is 0. The van der Waals surface area contributed by atoms with Gasteiger partial charge in [-0.15, -0.1) is 0 Å². The van der Waals surface area contributed by atoms with E-state index in [1.54, 1.807) is 36.4 Å². The van der Waals surface area contributed by atoms with Gasteiger partial charge in [-0.3, -0.25) is 9.59 Å². The minimum Gasteiger partial charge on any atom is -0.507 e. The molecule has 1 atom stereocenters. The number of rotatable bonds is 9. The maximum atomic E-state index is 13.7. The number of aliphatic hydroxyl groups is 1. The lowest BCUT2D eigenvalue weighted by Gasteiger charge is -2.25. The van der Waals surface area contributed by atoms with Crippen LogP contribution in [0.3, 0.4) is 0 Å². The quantitative estimate of drug-likeness (QED) is 0.188. The zero-order chi connectivity index (χ0) is 24.8. The lowest BCUT2D eigenvalue weighted by molar-refractivity contribution is -0.139. The summed E-state index contributed by atoms with van der Waals surface area (Å²) >= 11 is 0. The Morgan fingerprint density at radius 1 is 1.00 bits per heavy atom. The highest BCUT2D eigenvalue weighted by molar-refractivity contribution is 6.46. The molecule has 1 aliphatic heterocycles. The summed E-state index contributed by atoms with van der Waals surface area (Å²) in [5.41, 5.74) is 1.94. The second-order valence-electron chi connectivity index (χ2n) is 8.51. The Labute approximate surface area is 204 Å². The average molecular weight is 474 g/mol. The van der Waals surface area contributed by atoms with E-state index in [1.807, 2.05) is 30.3 Å². The number of Topliss-reactive ketones (excluding diaryl/α,β-unsaturated/α-hetero) is 1. The first-order valence-corrected chi connectivity index (χ1v) is 11.8. The molecule has 0 aliphatic carbocycles. The Balaban J connectivity index is 1.73. The highest BCUT2D eigenvalue weighted by Gasteiger charge is 2.45. The van der Waals surface area contributed by atoms with Crippen LogP contribution in [0.25, 0.3) is 5.76 Å². The SMILES string of the molecule is CCCCOc1cccc(C(O)=C2C(=O)C(=O)N(CCc3ccccc3)C2c2ccc(F)cc2)c1. The molecule has 3 aromatic carbocycles. The van der Waals surface area contributed by atoms with Crippen LogP contribution in [-0.2, 0) is 16.0 Å². The predicted octanol–water partition coefficient (Wildman–Crippen LogP) is 5.67. The molecule has 4 rings (SSSR count). The number of halogens is 1. The maximum Gasteiger partial charge on any atom is 0.295 e. The number of ether oxygens (including phenoxy) is 1. The van der Waals surface area contributed by atoms with Crippen molar-refractivity contribution in [1.82, 2.24) is 4.90 Å². The second-order valence-corrected chi connectivity index (χ2v) is 8.51. The van der Waals surface area contributed by atoms with Crippen molar-refractivity contribution in [3.8, 4) is 5.75 Å². The highest BCUT2D eigenvalue weighted by atomic mass is 19.1. The van der Waals surface area contributed by atoms with E-state index in [9.17, 15) is 19.1 Å². The van der Waals surface area contributed by atoms with Crippen LogP contribution in [0.2, 0.25) is 0 Å². The number of amides is 1. The molecule has 6 heteroatoms. The number of aliphatic hydroxyl groups excluding tert-OH is 1. The van der Waals surface area contributed by atoms with Gasteiger partial charge in [0.2, 0.25) is 0 Å². The number of carbonyl (C=O) groups excluding carboxylic acids is 2. The van der Waals surface area contributed by atoms with E-state index in [0.29, 0.717) is 29.9 Å². The molecule has 1 fully saturated rings. The van der Waals surface area contributed by atoms with Gasteiger partial charge in [0.15, 0.2) is 0 Å². The van der Waals surface area contributed by atoms with Crippen molar-refractivity contribution < 1.29 is 23.8 Å². The molecule has 1 heterocycles. The van der Waals surface area contributed by atoms with Crippen LogP contribution in [0.1, 0.15) is 42.5 Å². The summed E-state index contributed by atoms with van der Waals surface area (Å²) < 4.78 is 19.4. The molecule has 0 bridgehead atoms. The summed E-state index contributed by atoms with van der Waals surface area (Å²) in [6.07, 6.45) is 2.42. The molecule has 0 spiro atoms. The number of nitrogens with zero attached hydrogens (tertiary/aromatic N) is 1. The first-order chi connectivity index (χ1) is 17.0. The Kier molecular flexibility index (Phi) is 7.60. The minimum absolute atomic E-state index is 0.0135. The van der Waals surface area contributed by atoms with Crippen molar-refractivity contribution >= 4 is 17.4 Å². The van der Waals surface area contributed by atoms with E-state index in [4.69, 9.17) is 4.74 Å². The van der Waals surface area contributed by atoms with Crippen molar-refractivity contribution in [2.75, 3.05) is 13.2 Å². The van der Waals surface area contributed by atoms with Gasteiger partial charge in [0.25, 0.3) is 11.7 Å². The summed E-state index contributed by atoms with van der Waals surface area (Å²) in [6, 6.07) is 21.3. The zero-order valence-electron chi connectivity index (χ0n) is 19.6. The molecule has 1 saturated heterocycles. The lowest BCUT2D eigenvalue weighted by atomic mass is 9.95. The van der Waals surface area contributed by atoms with Gasteiger partial charge >= 0.3 is 0 Å². The maximum absolute atomic E-state index is 13.7. The van der Waals surface area contributed by atoms with Crippen molar-refractivity contribution in [3.05, 3.63) is 107 Å². The van der Waals surface area contributed by atoms with Gasteiger partial charge < -0.3 is 14.7 Å². The molecule has 1 N–H and O–H groups in total. The molecule has 0 aromatic heterocycles. The smallest absolute Gasteiger partial charge is 0.295 e. The number of unbranched alkanes of at least 4 members (excludes halogenated alkanes) is 1. The average Bonchev–Trinajstić information content (AvgIpc) is 3.13. The van der Waals surface area contributed by atoms with E-state index in [-0.39, 0.29) is 17.9 Å². The lowest BCUT2D eigenvalue weighted by Crippen LogP contribution is -2.31. The highest BCUT2D eigenvalue weighted by Crippen LogP contribution is 2.39. The summed E-state index contributed by atoms with van der Waals surface area (Å²) in [5.74, 6) is -1.58. The third-order valence-corrected chi connectivity index (χ3v) is 6.08. The summed E-state index contributed by atoms with van der Waals surface area (Å²) in [6.45, 7) is 2.88. The van der Waals surface area contributed by atoms with Crippen molar-refractivity contribution in [1.29, 1.82) is 0 Å². The predicted molar refractivity (Wildman–Crippen MR) is 132 cm³/mol. The Morgan fingerprint density at radius 3 is 2.46 bits per heavy atom. The Morgan fingerprint density at radius 2 is 1.74 bits per heavy atom. The van der Waals surface area contributed by atoms with Gasteiger partial charge in [-0.05, 0) is 48.2 Å². The second kappa shape index (κ2) is 11.0. The third-order valence-electron chi connectivity index (χ3n) is 6.08. The molecule has 3 aromatic rings. The molecular weight excluding hydrogens is 445 g/mol. The van der Waals surface area contributed by atoms with Crippen molar-refractivity contribution in [3.63, 3.8) is 0 Å². The molecule has 5 nitrogen and oxygen atoms in total. The van der Waals surface area contributed by atoms with Gasteiger partial charge in [0.1, 0.15) is 17.3 Å². The number of benzene rings is 3. The van der Waals surface area contributed by atoms with Crippen LogP contribution in [0.4, 0.5) is 4.39 Å². The standard InChI is InChI=1S/C29H28FNO4/c1-2-3-18-35-24-11-7-10-22(19-24)27(32)25-26(21-12-14-23(30)15-13-21)31(29(34)28(25)33)17-16-20-8-5-4-6-9-20/h4-15,19,26,32H,2-3,16-18H2,1H3. The molecule has 180 valence electrons. The summed E-state index contributed by atoms with van der Waals surface area (Å²) in [4.78, 5) is 27.7. The van der Waals surface area contributed by atoms with Crippen LogP contribution >= 0.6 is 0 Å². The molecule has 1 amide bonds. The molecule has 1 aliphatic rings. The Hall–Kier alpha value is -3.93. The number of hydrogen-bond donors (Lipinski definition) is 1. The summed E-state index contributed by atoms with van der Waals surface area (Å²) in [5, 5.41) is 11.2. The van der Waals surface area contributed by atoms with Gasteiger partial charge in [0, 0.05) is 12.1 Å². The number of carbonyl (C=O) groups is 2. The van der Waals surface area contributed by atoms with Crippen LogP contribution in [0.15, 0.2) is 84.4 Å². The van der Waals surface area contributed by atoms with Gasteiger partial charge in [-0.1, -0.05) is 67.9 Å². The van der Waals surface area contributed by atoms with E-state index in [0.717, 1.165) is 18.4 Å². The fourth-order valence-corrected chi connectivity index (χ4v) is 4.22. The van der Waals surface area contributed by atoms with Crippen LogP contribution in [0, 0.1) is 5.82 Å². The normalized spacial score (nSPS) is 17.1. The first kappa shape index (κ1) is 24.2. The largest absolute Gasteiger partial charge is 0.507 e. The van der Waals surface area contributed by atoms with E-state index in [2.05, 4.69) is 6.92 Å². The molecular formula is C29H28FNO4. The number of ketones is 1. The fourth-order valence-electron chi connectivity index (χ4n) is 4.22. The number of likely N-dealkylation sites (tertiary alicyclic amines) is 1. The van der Waals surface area contributed by atoms with Gasteiger partial charge in [-0.25, -0.2) is 4.39 Å². The number of hydrogen-bond acceptors (Lipinski definition) is 4. The van der Waals surface area contributed by atoms with Crippen LogP contribution < -0.4 is 4.74 Å². The zero-order valence-corrected chi connectivity index (χ0v) is 19.6. The van der Waals surface area contributed by atoms with Gasteiger partial charge in [0.05, 0.1) is 18.2 Å². The van der Waals surface area contributed by atoms with E-state index < -0.39 is 23.5 Å². The fraction of sp³-hybridized carbons (Fsp3) is 0.241. The third kappa shape index (κ3) is 5.43. The van der Waals surface area contributed by atoms with Crippen LogP contribution in [-0.4, -0.2) is 34.8 Å². The first-order valence-electron chi connectivity index (χ1n) is 11.8. The molecule has 0 saturated carbocycles. The van der Waals surface area contributed by atoms with Crippen molar-refractivity contribution in [2.24, 2.45) is 0 Å². The topological polar surface area (TPSA) is 66.8 Å². The molecule has 35 heavy (non-hydrogen) atoms. The van der Waals surface area contributed by atoms with Gasteiger partial charge in [-0.2, -0.15) is 0 Å². The van der Waals surface area contributed by atoms with Crippen LogP contribution in [0.5, 0.6) is 5.75 Å². The van der Waals surface area contributed by atoms with E-state index in [1.165, 1.54) is 17.0 Å². The van der Waals surface area contributed by atoms with Crippen molar-refractivity contribution in [2.45, 2.75) is 32.2 Å². The molecule has 0 radical (unpaired) electrons. The minimum atomic E-state index is -0.830. The monoisotopic (exact) mass is 473 g/mol. The molecule has 1 unspecified atom stereocenters. The van der Waals surface area contributed by atoms with E-state index >= 15 is 0 Å². The Bertz CT molecular complexity index is 1220.